The number of pyridine rings is 1. The first-order chi connectivity index (χ1) is 15.5. The highest BCUT2D eigenvalue weighted by molar-refractivity contribution is 6.12. The minimum atomic E-state index is -0.216. The van der Waals surface area contributed by atoms with E-state index in [0.29, 0.717) is 28.5 Å². The van der Waals surface area contributed by atoms with Gasteiger partial charge in [-0.2, -0.15) is 0 Å². The number of benzene rings is 3. The summed E-state index contributed by atoms with van der Waals surface area (Å²) in [5.74, 6) is 2.19. The van der Waals surface area contributed by atoms with Gasteiger partial charge in [-0.3, -0.25) is 9.78 Å². The summed E-state index contributed by atoms with van der Waals surface area (Å²) in [6, 6.07) is 20.2. The fraction of sp³-hybridized carbons (Fsp3) is 0.154. The Morgan fingerprint density at radius 2 is 1.56 bits per heavy atom. The molecule has 162 valence electrons. The molecule has 0 aliphatic rings. The molecule has 1 heterocycles. The lowest BCUT2D eigenvalue weighted by atomic mass is 10.0. The second kappa shape index (κ2) is 8.98. The number of hydrogen-bond acceptors (Lipinski definition) is 5. The van der Waals surface area contributed by atoms with E-state index >= 15 is 0 Å². The molecule has 6 nitrogen and oxygen atoms in total. The fourth-order valence-electron chi connectivity index (χ4n) is 3.46. The van der Waals surface area contributed by atoms with Crippen LogP contribution in [0.1, 0.15) is 21.6 Å². The Morgan fingerprint density at radius 1 is 0.812 bits per heavy atom. The van der Waals surface area contributed by atoms with E-state index in [1.165, 1.54) is 0 Å². The molecule has 0 aliphatic heterocycles. The lowest BCUT2D eigenvalue weighted by Gasteiger charge is -2.14. The third-order valence-electron chi connectivity index (χ3n) is 5.05. The maximum absolute atomic E-state index is 13.2. The number of amides is 1. The van der Waals surface area contributed by atoms with Crippen LogP contribution < -0.4 is 19.5 Å². The Balaban J connectivity index is 1.63. The van der Waals surface area contributed by atoms with Gasteiger partial charge in [-0.05, 0) is 68.4 Å². The predicted octanol–water partition coefficient (Wildman–Crippen LogP) is 5.91. The number of aryl methyl sites for hydroxylation is 2. The Bertz CT molecular complexity index is 1280. The second-order valence-electron chi connectivity index (χ2n) is 7.43. The van der Waals surface area contributed by atoms with Crippen molar-refractivity contribution in [2.45, 2.75) is 13.8 Å². The number of nitrogens with zero attached hydrogens (tertiary/aromatic N) is 1. The number of carbonyl (C=O) groups excluding carboxylic acids is 1. The SMILES string of the molecule is COc1ccc(Oc2cc(NC(=O)c3cc(C)nc4ccc(C)cc34)ccc2OC)cc1. The molecule has 0 saturated carbocycles. The third kappa shape index (κ3) is 4.49. The topological polar surface area (TPSA) is 69.7 Å². The minimum absolute atomic E-state index is 0.216. The van der Waals surface area contributed by atoms with Gasteiger partial charge in [0.15, 0.2) is 11.5 Å². The molecule has 0 bridgehead atoms. The molecule has 0 fully saturated rings. The molecule has 32 heavy (non-hydrogen) atoms. The van der Waals surface area contributed by atoms with E-state index in [4.69, 9.17) is 14.2 Å². The van der Waals surface area contributed by atoms with E-state index in [1.807, 2.05) is 44.2 Å². The molecule has 1 amide bonds. The molecule has 0 spiro atoms. The molecule has 1 N–H and O–H groups in total. The number of fused-ring (bicyclic) bond motifs is 1. The highest BCUT2D eigenvalue weighted by Crippen LogP contribution is 2.35. The van der Waals surface area contributed by atoms with Gasteiger partial charge >= 0.3 is 0 Å². The van der Waals surface area contributed by atoms with Crippen LogP contribution in [0.5, 0.6) is 23.0 Å². The summed E-state index contributed by atoms with van der Waals surface area (Å²) in [7, 11) is 3.18. The summed E-state index contributed by atoms with van der Waals surface area (Å²) in [6.07, 6.45) is 0. The van der Waals surface area contributed by atoms with Gasteiger partial charge in [0, 0.05) is 22.8 Å². The average Bonchev–Trinajstić information content (AvgIpc) is 2.79. The average molecular weight is 428 g/mol. The quantitative estimate of drug-likeness (QED) is 0.413. The smallest absolute Gasteiger partial charge is 0.256 e. The van der Waals surface area contributed by atoms with E-state index in [9.17, 15) is 4.79 Å². The fourth-order valence-corrected chi connectivity index (χ4v) is 3.46. The van der Waals surface area contributed by atoms with Gasteiger partial charge in [-0.1, -0.05) is 11.6 Å². The molecule has 4 rings (SSSR count). The van der Waals surface area contributed by atoms with Crippen LogP contribution in [0.2, 0.25) is 0 Å². The third-order valence-corrected chi connectivity index (χ3v) is 5.05. The van der Waals surface area contributed by atoms with Crippen LogP contribution in [0.3, 0.4) is 0 Å². The largest absolute Gasteiger partial charge is 0.497 e. The lowest BCUT2D eigenvalue weighted by Crippen LogP contribution is -2.13. The summed E-state index contributed by atoms with van der Waals surface area (Å²) in [6.45, 7) is 3.87. The van der Waals surface area contributed by atoms with Gasteiger partial charge in [0.05, 0.1) is 25.3 Å². The first kappa shape index (κ1) is 21.2. The molecule has 0 atom stereocenters. The molecule has 0 aliphatic carbocycles. The second-order valence-corrected chi connectivity index (χ2v) is 7.43. The number of anilines is 1. The Kier molecular flexibility index (Phi) is 5.94. The number of rotatable bonds is 6. The van der Waals surface area contributed by atoms with Gasteiger partial charge in [-0.25, -0.2) is 0 Å². The van der Waals surface area contributed by atoms with E-state index in [2.05, 4.69) is 10.3 Å². The molecule has 1 aromatic heterocycles. The number of nitrogens with one attached hydrogen (secondary N) is 1. The standard InChI is InChI=1S/C26H24N2O4/c1-16-5-11-23-21(13-16)22(14-17(2)27-23)26(29)28-18-6-12-24(31-4)25(15-18)32-20-9-7-19(30-3)8-10-20/h5-15H,1-4H3,(H,28,29). The summed E-state index contributed by atoms with van der Waals surface area (Å²) < 4.78 is 16.6. The van der Waals surface area contributed by atoms with Crippen LogP contribution in [-0.2, 0) is 0 Å². The van der Waals surface area contributed by atoms with Gasteiger partial charge in [0.1, 0.15) is 11.5 Å². The van der Waals surface area contributed by atoms with Crippen molar-refractivity contribution in [2.24, 2.45) is 0 Å². The molecule has 0 radical (unpaired) electrons. The summed E-state index contributed by atoms with van der Waals surface area (Å²) in [5, 5.41) is 3.79. The Hall–Kier alpha value is -4.06. The van der Waals surface area contributed by atoms with Crippen LogP contribution in [0.15, 0.2) is 66.7 Å². The number of hydrogen-bond donors (Lipinski definition) is 1. The van der Waals surface area contributed by atoms with Crippen molar-refractivity contribution in [2.75, 3.05) is 19.5 Å². The van der Waals surface area contributed by atoms with Crippen LogP contribution >= 0.6 is 0 Å². The normalized spacial score (nSPS) is 10.6. The van der Waals surface area contributed by atoms with Crippen molar-refractivity contribution < 1.29 is 19.0 Å². The lowest BCUT2D eigenvalue weighted by molar-refractivity contribution is 0.102. The molecule has 0 saturated heterocycles. The van der Waals surface area contributed by atoms with Crippen molar-refractivity contribution >= 4 is 22.5 Å². The zero-order valence-electron chi connectivity index (χ0n) is 18.4. The van der Waals surface area contributed by atoms with Crippen molar-refractivity contribution in [3.8, 4) is 23.0 Å². The summed E-state index contributed by atoms with van der Waals surface area (Å²) in [5.41, 5.74) is 3.81. The molecule has 0 unspecified atom stereocenters. The Labute approximate surface area is 186 Å². The zero-order valence-corrected chi connectivity index (χ0v) is 18.4. The van der Waals surface area contributed by atoms with Crippen molar-refractivity contribution in [1.82, 2.24) is 4.98 Å². The van der Waals surface area contributed by atoms with Crippen molar-refractivity contribution in [3.63, 3.8) is 0 Å². The van der Waals surface area contributed by atoms with Crippen LogP contribution in [0.25, 0.3) is 10.9 Å². The number of ether oxygens (including phenoxy) is 3. The first-order valence-corrected chi connectivity index (χ1v) is 10.2. The maximum atomic E-state index is 13.2. The molecular formula is C26H24N2O4. The first-order valence-electron chi connectivity index (χ1n) is 10.2. The molecule has 4 aromatic rings. The predicted molar refractivity (Wildman–Crippen MR) is 125 cm³/mol. The number of methoxy groups -OCH3 is 2. The van der Waals surface area contributed by atoms with Gasteiger partial charge in [0.25, 0.3) is 5.91 Å². The van der Waals surface area contributed by atoms with Gasteiger partial charge < -0.3 is 19.5 Å². The zero-order chi connectivity index (χ0) is 22.7. The monoisotopic (exact) mass is 428 g/mol. The Morgan fingerprint density at radius 3 is 2.28 bits per heavy atom. The van der Waals surface area contributed by atoms with Crippen LogP contribution in [-0.4, -0.2) is 25.1 Å². The van der Waals surface area contributed by atoms with Crippen molar-refractivity contribution in [1.29, 1.82) is 0 Å². The summed E-state index contributed by atoms with van der Waals surface area (Å²) in [4.78, 5) is 17.7. The molecular weight excluding hydrogens is 404 g/mol. The van der Waals surface area contributed by atoms with Crippen LogP contribution in [0.4, 0.5) is 5.69 Å². The van der Waals surface area contributed by atoms with E-state index in [1.54, 1.807) is 50.6 Å². The molecule has 6 heteroatoms. The van der Waals surface area contributed by atoms with E-state index in [-0.39, 0.29) is 5.91 Å². The number of aromatic nitrogens is 1. The van der Waals surface area contributed by atoms with E-state index in [0.717, 1.165) is 27.9 Å². The van der Waals surface area contributed by atoms with E-state index < -0.39 is 0 Å². The van der Waals surface area contributed by atoms with Crippen molar-refractivity contribution in [3.05, 3.63) is 83.6 Å². The number of carbonyl (C=O) groups is 1. The molecule has 3 aromatic carbocycles. The maximum Gasteiger partial charge on any atom is 0.256 e. The summed E-state index contributed by atoms with van der Waals surface area (Å²) >= 11 is 0. The minimum Gasteiger partial charge on any atom is -0.497 e. The van der Waals surface area contributed by atoms with Gasteiger partial charge in [0.2, 0.25) is 0 Å². The highest BCUT2D eigenvalue weighted by atomic mass is 16.5. The van der Waals surface area contributed by atoms with Gasteiger partial charge in [-0.15, -0.1) is 0 Å². The van der Waals surface area contributed by atoms with Crippen LogP contribution in [0, 0.1) is 13.8 Å². The highest BCUT2D eigenvalue weighted by Gasteiger charge is 2.15.